The highest BCUT2D eigenvalue weighted by Gasteiger charge is 2.25. The SMILES string of the molecule is CC(C)(C)C(=O)CNS(=O)(=O)c1ncccc1F. The molecule has 0 bridgehead atoms. The fourth-order valence-electron chi connectivity index (χ4n) is 1.06. The van der Waals surface area contributed by atoms with Crippen LogP contribution in [0.3, 0.4) is 0 Å². The molecule has 5 nitrogen and oxygen atoms in total. The number of rotatable bonds is 4. The first-order valence-corrected chi connectivity index (χ1v) is 6.76. The summed E-state index contributed by atoms with van der Waals surface area (Å²) in [4.78, 5) is 15.0. The lowest BCUT2D eigenvalue weighted by Gasteiger charge is -2.16. The molecule has 0 atom stereocenters. The van der Waals surface area contributed by atoms with Gasteiger partial charge >= 0.3 is 0 Å². The van der Waals surface area contributed by atoms with E-state index in [9.17, 15) is 17.6 Å². The van der Waals surface area contributed by atoms with E-state index in [1.807, 2.05) is 4.72 Å². The Kier molecular flexibility index (Phi) is 4.18. The molecule has 0 spiro atoms. The maximum absolute atomic E-state index is 13.3. The molecule has 1 heterocycles. The monoisotopic (exact) mass is 274 g/mol. The second-order valence-corrected chi connectivity index (χ2v) is 6.47. The molecule has 1 rings (SSSR count). The van der Waals surface area contributed by atoms with Crippen LogP contribution in [0.25, 0.3) is 0 Å². The first kappa shape index (κ1) is 14.7. The van der Waals surface area contributed by atoms with Crippen LogP contribution in [0.4, 0.5) is 4.39 Å². The molecule has 0 saturated carbocycles. The number of Topliss-reactive ketones (excluding diaryl/α,β-unsaturated/α-hetero) is 1. The maximum Gasteiger partial charge on any atom is 0.261 e. The van der Waals surface area contributed by atoms with E-state index >= 15 is 0 Å². The van der Waals surface area contributed by atoms with Crippen LogP contribution < -0.4 is 4.72 Å². The van der Waals surface area contributed by atoms with Crippen molar-refractivity contribution in [1.82, 2.24) is 9.71 Å². The molecule has 1 aromatic rings. The average molecular weight is 274 g/mol. The van der Waals surface area contributed by atoms with E-state index in [2.05, 4.69) is 4.98 Å². The van der Waals surface area contributed by atoms with Gasteiger partial charge in [-0.15, -0.1) is 0 Å². The van der Waals surface area contributed by atoms with E-state index in [0.717, 1.165) is 6.07 Å². The molecular formula is C11H15FN2O3S. The van der Waals surface area contributed by atoms with Crippen molar-refractivity contribution in [1.29, 1.82) is 0 Å². The van der Waals surface area contributed by atoms with Crippen molar-refractivity contribution in [2.75, 3.05) is 6.54 Å². The van der Waals surface area contributed by atoms with E-state index in [1.54, 1.807) is 20.8 Å². The molecule has 0 unspecified atom stereocenters. The van der Waals surface area contributed by atoms with Gasteiger partial charge in [-0.3, -0.25) is 4.79 Å². The first-order chi connectivity index (χ1) is 8.14. The summed E-state index contributed by atoms with van der Waals surface area (Å²) in [5, 5.41) is -0.702. The summed E-state index contributed by atoms with van der Waals surface area (Å²) in [5.74, 6) is -1.24. The number of pyridine rings is 1. The van der Waals surface area contributed by atoms with Crippen LogP contribution in [-0.4, -0.2) is 25.7 Å². The molecule has 0 amide bonds. The smallest absolute Gasteiger partial charge is 0.261 e. The van der Waals surface area contributed by atoms with Gasteiger partial charge in [0.15, 0.2) is 11.6 Å². The third-order valence-electron chi connectivity index (χ3n) is 2.24. The maximum atomic E-state index is 13.3. The zero-order valence-electron chi connectivity index (χ0n) is 10.4. The summed E-state index contributed by atoms with van der Waals surface area (Å²) in [6.45, 7) is 4.63. The molecule has 0 fully saturated rings. The Labute approximate surface area is 105 Å². The number of carbonyl (C=O) groups excluding carboxylic acids is 1. The van der Waals surface area contributed by atoms with E-state index in [-0.39, 0.29) is 12.3 Å². The molecular weight excluding hydrogens is 259 g/mol. The Bertz CT molecular complexity index is 550. The highest BCUT2D eigenvalue weighted by Crippen LogP contribution is 2.15. The van der Waals surface area contributed by atoms with Gasteiger partial charge in [-0.25, -0.2) is 22.5 Å². The van der Waals surface area contributed by atoms with Gasteiger partial charge in [-0.2, -0.15) is 0 Å². The first-order valence-electron chi connectivity index (χ1n) is 5.28. The van der Waals surface area contributed by atoms with Gasteiger partial charge in [0, 0.05) is 11.6 Å². The quantitative estimate of drug-likeness (QED) is 0.892. The van der Waals surface area contributed by atoms with Gasteiger partial charge in [0.05, 0.1) is 6.54 Å². The van der Waals surface area contributed by atoms with Gasteiger partial charge in [0.1, 0.15) is 0 Å². The summed E-state index contributed by atoms with van der Waals surface area (Å²) in [6.07, 6.45) is 1.17. The third-order valence-corrected chi connectivity index (χ3v) is 3.57. The normalized spacial score (nSPS) is 12.4. The molecule has 100 valence electrons. The fourth-order valence-corrected chi connectivity index (χ4v) is 2.05. The number of carbonyl (C=O) groups is 1. The van der Waals surface area contributed by atoms with Gasteiger partial charge in [-0.05, 0) is 12.1 Å². The van der Waals surface area contributed by atoms with Gasteiger partial charge in [0.25, 0.3) is 10.0 Å². The summed E-state index contributed by atoms with van der Waals surface area (Å²) in [5.41, 5.74) is -0.662. The Morgan fingerprint density at radius 1 is 1.44 bits per heavy atom. The van der Waals surface area contributed by atoms with Crippen molar-refractivity contribution in [2.24, 2.45) is 5.41 Å². The molecule has 1 N–H and O–H groups in total. The summed E-state index contributed by atoms with van der Waals surface area (Å²) < 4.78 is 38.8. The minimum absolute atomic E-state index is 0.289. The van der Waals surface area contributed by atoms with Crippen LogP contribution in [0.1, 0.15) is 20.8 Å². The number of hydrogen-bond acceptors (Lipinski definition) is 4. The van der Waals surface area contributed by atoms with Crippen molar-refractivity contribution < 1.29 is 17.6 Å². The topological polar surface area (TPSA) is 76.1 Å². The molecule has 7 heteroatoms. The van der Waals surface area contributed by atoms with Gasteiger partial charge in [-0.1, -0.05) is 20.8 Å². The molecule has 1 aromatic heterocycles. The Balaban J connectivity index is 2.85. The fraction of sp³-hybridized carbons (Fsp3) is 0.455. The molecule has 0 aliphatic carbocycles. The lowest BCUT2D eigenvalue weighted by Crippen LogP contribution is -2.36. The standard InChI is InChI=1S/C11H15FN2O3S/c1-11(2,3)9(15)7-14-18(16,17)10-8(12)5-4-6-13-10/h4-6,14H,7H2,1-3H3. The second-order valence-electron chi connectivity index (χ2n) is 4.79. The number of sulfonamides is 1. The summed E-state index contributed by atoms with van der Waals surface area (Å²) in [6, 6.07) is 2.28. The lowest BCUT2D eigenvalue weighted by atomic mass is 9.91. The largest absolute Gasteiger partial charge is 0.298 e. The van der Waals surface area contributed by atoms with Crippen LogP contribution in [0.15, 0.2) is 23.4 Å². The molecule has 0 saturated heterocycles. The predicted octanol–water partition coefficient (Wildman–Crippen LogP) is 1.11. The Morgan fingerprint density at radius 2 is 2.06 bits per heavy atom. The third kappa shape index (κ3) is 3.58. The average Bonchev–Trinajstić information content (AvgIpc) is 2.25. The minimum Gasteiger partial charge on any atom is -0.298 e. The van der Waals surface area contributed by atoms with Crippen molar-refractivity contribution in [3.63, 3.8) is 0 Å². The zero-order valence-corrected chi connectivity index (χ0v) is 11.2. The van der Waals surface area contributed by atoms with Crippen LogP contribution in [0.5, 0.6) is 0 Å². The summed E-state index contributed by atoms with van der Waals surface area (Å²) >= 11 is 0. The number of aromatic nitrogens is 1. The number of nitrogens with zero attached hydrogens (tertiary/aromatic N) is 1. The highest BCUT2D eigenvalue weighted by atomic mass is 32.2. The van der Waals surface area contributed by atoms with Crippen molar-refractivity contribution in [3.05, 3.63) is 24.1 Å². The van der Waals surface area contributed by atoms with E-state index in [0.29, 0.717) is 0 Å². The van der Waals surface area contributed by atoms with Crippen LogP contribution in [0, 0.1) is 11.2 Å². The van der Waals surface area contributed by atoms with E-state index in [4.69, 9.17) is 0 Å². The van der Waals surface area contributed by atoms with Gasteiger partial charge in [0.2, 0.25) is 5.03 Å². The number of hydrogen-bond donors (Lipinski definition) is 1. The van der Waals surface area contributed by atoms with Crippen molar-refractivity contribution in [2.45, 2.75) is 25.8 Å². The summed E-state index contributed by atoms with van der Waals surface area (Å²) in [7, 11) is -4.10. The number of ketones is 1. The van der Waals surface area contributed by atoms with Crippen molar-refractivity contribution in [3.8, 4) is 0 Å². The minimum atomic E-state index is -4.10. The molecule has 0 aliphatic rings. The number of nitrogens with one attached hydrogen (secondary N) is 1. The highest BCUT2D eigenvalue weighted by molar-refractivity contribution is 7.89. The van der Waals surface area contributed by atoms with Crippen LogP contribution in [0.2, 0.25) is 0 Å². The van der Waals surface area contributed by atoms with E-state index in [1.165, 1.54) is 12.3 Å². The molecule has 0 radical (unpaired) electrons. The Hall–Kier alpha value is -1.34. The Morgan fingerprint density at radius 3 is 2.56 bits per heavy atom. The van der Waals surface area contributed by atoms with Crippen LogP contribution >= 0.6 is 0 Å². The van der Waals surface area contributed by atoms with Crippen molar-refractivity contribution >= 4 is 15.8 Å². The lowest BCUT2D eigenvalue weighted by molar-refractivity contribution is -0.125. The molecule has 18 heavy (non-hydrogen) atoms. The van der Waals surface area contributed by atoms with E-state index < -0.39 is 26.3 Å². The van der Waals surface area contributed by atoms with Crippen LogP contribution in [-0.2, 0) is 14.8 Å². The van der Waals surface area contributed by atoms with Gasteiger partial charge < -0.3 is 0 Å². The molecule has 0 aliphatic heterocycles. The zero-order chi connectivity index (χ0) is 14.0. The second kappa shape index (κ2) is 5.11. The number of halogens is 1. The molecule has 0 aromatic carbocycles. The predicted molar refractivity (Wildman–Crippen MR) is 63.8 cm³/mol.